The SMILES string of the molecule is CCOC(=O)C(Cc1ccccc1)N(CCCBr)C(=O)OC(C)(C)C. The van der Waals surface area contributed by atoms with E-state index in [-0.39, 0.29) is 6.61 Å². The molecule has 0 heterocycles. The molecule has 25 heavy (non-hydrogen) atoms. The molecule has 1 amide bonds. The third kappa shape index (κ3) is 7.90. The molecule has 1 atom stereocenters. The lowest BCUT2D eigenvalue weighted by Gasteiger charge is -2.32. The molecule has 1 aromatic rings. The highest BCUT2D eigenvalue weighted by molar-refractivity contribution is 9.09. The van der Waals surface area contributed by atoms with E-state index in [0.29, 0.717) is 19.4 Å². The summed E-state index contributed by atoms with van der Waals surface area (Å²) in [6.07, 6.45) is 0.605. The maximum absolute atomic E-state index is 12.7. The van der Waals surface area contributed by atoms with Crippen LogP contribution >= 0.6 is 15.9 Å². The number of ether oxygens (including phenoxy) is 2. The summed E-state index contributed by atoms with van der Waals surface area (Å²) in [5, 5.41) is 0.729. The fourth-order valence-electron chi connectivity index (χ4n) is 2.32. The second-order valence-electron chi connectivity index (χ2n) is 6.67. The van der Waals surface area contributed by atoms with E-state index < -0.39 is 23.7 Å². The van der Waals surface area contributed by atoms with Crippen LogP contribution in [0.25, 0.3) is 0 Å². The second-order valence-corrected chi connectivity index (χ2v) is 7.47. The number of halogens is 1. The second kappa shape index (κ2) is 10.4. The first kappa shape index (κ1) is 21.5. The number of nitrogens with zero attached hydrogens (tertiary/aromatic N) is 1. The van der Waals surface area contributed by atoms with Crippen LogP contribution in [0, 0.1) is 0 Å². The third-order valence-corrected chi connectivity index (χ3v) is 3.93. The molecule has 0 aromatic heterocycles. The van der Waals surface area contributed by atoms with Crippen LogP contribution < -0.4 is 0 Å². The van der Waals surface area contributed by atoms with Crippen molar-refractivity contribution in [1.29, 1.82) is 0 Å². The van der Waals surface area contributed by atoms with Crippen LogP contribution in [-0.4, -0.2) is 47.1 Å². The van der Waals surface area contributed by atoms with Gasteiger partial charge in [-0.05, 0) is 39.7 Å². The molecular formula is C19H28BrNO4. The number of hydrogen-bond donors (Lipinski definition) is 0. The van der Waals surface area contributed by atoms with Crippen LogP contribution in [0.4, 0.5) is 4.79 Å². The van der Waals surface area contributed by atoms with Crippen molar-refractivity contribution < 1.29 is 19.1 Å². The number of amides is 1. The zero-order valence-corrected chi connectivity index (χ0v) is 17.0. The Kier molecular flexibility index (Phi) is 8.97. The fourth-order valence-corrected chi connectivity index (χ4v) is 2.57. The van der Waals surface area contributed by atoms with E-state index >= 15 is 0 Å². The summed E-state index contributed by atoms with van der Waals surface area (Å²) < 4.78 is 10.7. The van der Waals surface area contributed by atoms with Crippen molar-refractivity contribution in [2.45, 2.75) is 52.2 Å². The first-order valence-electron chi connectivity index (χ1n) is 8.54. The van der Waals surface area contributed by atoms with Gasteiger partial charge in [0, 0.05) is 18.3 Å². The number of alkyl halides is 1. The van der Waals surface area contributed by atoms with Gasteiger partial charge in [0.1, 0.15) is 11.6 Å². The lowest BCUT2D eigenvalue weighted by Crippen LogP contribution is -2.49. The molecule has 0 aliphatic rings. The average molecular weight is 414 g/mol. The normalized spacial score (nSPS) is 12.4. The van der Waals surface area contributed by atoms with Gasteiger partial charge in [-0.15, -0.1) is 0 Å². The highest BCUT2D eigenvalue weighted by Gasteiger charge is 2.33. The van der Waals surface area contributed by atoms with Crippen molar-refractivity contribution in [3.63, 3.8) is 0 Å². The van der Waals surface area contributed by atoms with Gasteiger partial charge in [0.05, 0.1) is 6.61 Å². The molecule has 140 valence electrons. The minimum absolute atomic E-state index is 0.269. The molecule has 1 aromatic carbocycles. The summed E-state index contributed by atoms with van der Waals surface area (Å²) >= 11 is 3.38. The highest BCUT2D eigenvalue weighted by atomic mass is 79.9. The molecule has 0 aliphatic carbocycles. The number of hydrogen-bond acceptors (Lipinski definition) is 4. The summed E-state index contributed by atoms with van der Waals surface area (Å²) in [5.74, 6) is -0.410. The topological polar surface area (TPSA) is 55.8 Å². The molecule has 1 rings (SSSR count). The first-order chi connectivity index (χ1) is 11.8. The molecule has 0 saturated carbocycles. The Morgan fingerprint density at radius 1 is 1.20 bits per heavy atom. The Morgan fingerprint density at radius 3 is 2.36 bits per heavy atom. The molecule has 0 aliphatic heterocycles. The van der Waals surface area contributed by atoms with Gasteiger partial charge in [0.25, 0.3) is 0 Å². The van der Waals surface area contributed by atoms with Gasteiger partial charge in [0.15, 0.2) is 0 Å². The minimum Gasteiger partial charge on any atom is -0.464 e. The molecule has 6 heteroatoms. The van der Waals surface area contributed by atoms with Crippen LogP contribution in [-0.2, 0) is 20.7 Å². The Balaban J connectivity index is 3.08. The number of carbonyl (C=O) groups is 2. The van der Waals surface area contributed by atoms with Crippen LogP contribution in [0.2, 0.25) is 0 Å². The van der Waals surface area contributed by atoms with E-state index in [0.717, 1.165) is 10.9 Å². The molecular weight excluding hydrogens is 386 g/mol. The van der Waals surface area contributed by atoms with E-state index in [1.165, 1.54) is 4.90 Å². The lowest BCUT2D eigenvalue weighted by atomic mass is 10.0. The van der Waals surface area contributed by atoms with Crippen LogP contribution in [0.1, 0.15) is 39.7 Å². The largest absolute Gasteiger partial charge is 0.464 e. The van der Waals surface area contributed by atoms with Crippen molar-refractivity contribution in [2.24, 2.45) is 0 Å². The minimum atomic E-state index is -0.712. The molecule has 0 bridgehead atoms. The maximum Gasteiger partial charge on any atom is 0.411 e. The van der Waals surface area contributed by atoms with Crippen molar-refractivity contribution in [1.82, 2.24) is 4.90 Å². The average Bonchev–Trinajstić information content (AvgIpc) is 2.53. The zero-order valence-electron chi connectivity index (χ0n) is 15.5. The number of esters is 1. The molecule has 0 spiro atoms. The van der Waals surface area contributed by atoms with Crippen molar-refractivity contribution >= 4 is 28.0 Å². The number of benzene rings is 1. The summed E-state index contributed by atoms with van der Waals surface area (Å²) in [6, 6.07) is 8.89. The van der Waals surface area contributed by atoms with Gasteiger partial charge in [-0.25, -0.2) is 9.59 Å². The van der Waals surface area contributed by atoms with E-state index in [4.69, 9.17) is 9.47 Å². The summed E-state index contributed by atoms with van der Waals surface area (Å²) in [4.78, 5) is 26.7. The first-order valence-corrected chi connectivity index (χ1v) is 9.66. The monoisotopic (exact) mass is 413 g/mol. The van der Waals surface area contributed by atoms with Crippen LogP contribution in [0.3, 0.4) is 0 Å². The Bertz CT molecular complexity index is 542. The van der Waals surface area contributed by atoms with E-state index in [2.05, 4.69) is 15.9 Å². The molecule has 0 saturated heterocycles. The smallest absolute Gasteiger partial charge is 0.411 e. The summed E-state index contributed by atoms with van der Waals surface area (Å²) in [7, 11) is 0. The quantitative estimate of drug-likeness (QED) is 0.473. The van der Waals surface area contributed by atoms with Gasteiger partial charge in [-0.1, -0.05) is 46.3 Å². The Labute approximate surface area is 158 Å². The molecule has 0 N–H and O–H groups in total. The number of carbonyl (C=O) groups excluding carboxylic acids is 2. The van der Waals surface area contributed by atoms with Gasteiger partial charge >= 0.3 is 12.1 Å². The standard InChI is InChI=1S/C19H28BrNO4/c1-5-24-17(22)16(14-15-10-7-6-8-11-15)21(13-9-12-20)18(23)25-19(2,3)4/h6-8,10-11,16H,5,9,12-14H2,1-4H3. The summed E-state index contributed by atoms with van der Waals surface area (Å²) in [6.45, 7) is 7.87. The Morgan fingerprint density at radius 2 is 1.84 bits per heavy atom. The molecule has 0 fully saturated rings. The Hall–Kier alpha value is -1.56. The predicted molar refractivity (Wildman–Crippen MR) is 102 cm³/mol. The van der Waals surface area contributed by atoms with Crippen molar-refractivity contribution in [2.75, 3.05) is 18.5 Å². The maximum atomic E-state index is 12.7. The third-order valence-electron chi connectivity index (χ3n) is 3.37. The predicted octanol–water partition coefficient (Wildman–Crippen LogP) is 4.18. The van der Waals surface area contributed by atoms with Crippen molar-refractivity contribution in [3.8, 4) is 0 Å². The van der Waals surface area contributed by atoms with E-state index in [9.17, 15) is 9.59 Å². The molecule has 5 nitrogen and oxygen atoms in total. The van der Waals surface area contributed by atoms with Gasteiger partial charge in [0.2, 0.25) is 0 Å². The van der Waals surface area contributed by atoms with Crippen LogP contribution in [0.5, 0.6) is 0 Å². The van der Waals surface area contributed by atoms with E-state index in [1.54, 1.807) is 6.92 Å². The van der Waals surface area contributed by atoms with Gasteiger partial charge in [-0.2, -0.15) is 0 Å². The zero-order chi connectivity index (χ0) is 18.9. The summed E-state index contributed by atoms with van der Waals surface area (Å²) in [5.41, 5.74) is 0.336. The molecule has 1 unspecified atom stereocenters. The lowest BCUT2D eigenvalue weighted by molar-refractivity contribution is -0.149. The van der Waals surface area contributed by atoms with Gasteiger partial charge < -0.3 is 9.47 Å². The van der Waals surface area contributed by atoms with Crippen molar-refractivity contribution in [3.05, 3.63) is 35.9 Å². The number of rotatable bonds is 8. The van der Waals surface area contributed by atoms with E-state index in [1.807, 2.05) is 51.1 Å². The molecule has 0 radical (unpaired) electrons. The van der Waals surface area contributed by atoms with Crippen LogP contribution in [0.15, 0.2) is 30.3 Å². The fraction of sp³-hybridized carbons (Fsp3) is 0.579. The van der Waals surface area contributed by atoms with Gasteiger partial charge in [-0.3, -0.25) is 4.90 Å². The highest BCUT2D eigenvalue weighted by Crippen LogP contribution is 2.17.